The van der Waals surface area contributed by atoms with Gasteiger partial charge in [0.15, 0.2) is 23.9 Å². The quantitative estimate of drug-likeness (QED) is 0.648. The minimum absolute atomic E-state index is 0.0804. The van der Waals surface area contributed by atoms with Gasteiger partial charge in [-0.3, -0.25) is 4.79 Å². The van der Waals surface area contributed by atoms with Crippen LogP contribution < -0.4 is 9.47 Å². The fraction of sp³-hybridized carbons (Fsp3) is 0.480. The summed E-state index contributed by atoms with van der Waals surface area (Å²) in [6.45, 7) is 9.04. The Balaban J connectivity index is 1.96. The van der Waals surface area contributed by atoms with E-state index in [4.69, 9.17) is 9.47 Å². The van der Waals surface area contributed by atoms with Gasteiger partial charge in [0.25, 0.3) is 0 Å². The van der Waals surface area contributed by atoms with Crippen molar-refractivity contribution in [3.63, 3.8) is 0 Å². The standard InChI is InChI=1S/C25H30O6/c1-13-8-15(23-19(9-13)30-12-20(31-23)25(4,5)29)22-17(24(2,3)28)10-14-6-7-18(27)16(11-26)21(14)22/h6-9,11,17,20,22,27-29H,10,12H2,1-5H3/t17-,20-,22+/m0/s1. The van der Waals surface area contributed by atoms with Gasteiger partial charge in [0.05, 0.1) is 16.8 Å². The number of benzene rings is 2. The molecule has 0 radical (unpaired) electrons. The van der Waals surface area contributed by atoms with E-state index in [2.05, 4.69) is 0 Å². The number of aryl methyl sites for hydroxylation is 1. The molecule has 0 spiro atoms. The van der Waals surface area contributed by atoms with Crippen LogP contribution in [0.4, 0.5) is 0 Å². The van der Waals surface area contributed by atoms with Crippen molar-refractivity contribution in [3.8, 4) is 17.2 Å². The first-order valence-electron chi connectivity index (χ1n) is 10.6. The van der Waals surface area contributed by atoms with Crippen molar-refractivity contribution in [1.29, 1.82) is 0 Å². The van der Waals surface area contributed by atoms with E-state index in [1.165, 1.54) is 6.07 Å². The highest BCUT2D eigenvalue weighted by molar-refractivity contribution is 5.84. The van der Waals surface area contributed by atoms with Crippen molar-refractivity contribution >= 4 is 6.29 Å². The van der Waals surface area contributed by atoms with Crippen LogP contribution in [0.5, 0.6) is 17.2 Å². The fourth-order valence-corrected chi connectivity index (χ4v) is 4.85. The van der Waals surface area contributed by atoms with E-state index < -0.39 is 17.3 Å². The van der Waals surface area contributed by atoms with Gasteiger partial charge >= 0.3 is 0 Å². The molecule has 0 bridgehead atoms. The summed E-state index contributed by atoms with van der Waals surface area (Å²) < 4.78 is 12.2. The van der Waals surface area contributed by atoms with Gasteiger partial charge in [-0.2, -0.15) is 0 Å². The van der Waals surface area contributed by atoms with E-state index >= 15 is 0 Å². The number of carbonyl (C=O) groups excluding carboxylic acids is 1. The van der Waals surface area contributed by atoms with E-state index in [9.17, 15) is 20.1 Å². The molecule has 1 heterocycles. The molecule has 4 rings (SSSR count). The average molecular weight is 427 g/mol. The number of aliphatic hydroxyl groups is 2. The van der Waals surface area contributed by atoms with E-state index in [0.29, 0.717) is 29.8 Å². The summed E-state index contributed by atoms with van der Waals surface area (Å²) in [4.78, 5) is 11.9. The van der Waals surface area contributed by atoms with Gasteiger partial charge in [-0.05, 0) is 69.9 Å². The second kappa shape index (κ2) is 7.24. The predicted octanol–water partition coefficient (Wildman–Crippen LogP) is 3.50. The number of aromatic hydroxyl groups is 1. The first-order chi connectivity index (χ1) is 14.4. The number of carbonyl (C=O) groups is 1. The summed E-state index contributed by atoms with van der Waals surface area (Å²) in [5.41, 5.74) is 1.43. The lowest BCUT2D eigenvalue weighted by molar-refractivity contribution is -0.0662. The molecule has 0 saturated heterocycles. The molecular formula is C25H30O6. The maximum absolute atomic E-state index is 11.9. The molecule has 2 aliphatic rings. The SMILES string of the molecule is Cc1cc2c(c([C@H]3c4c(ccc(O)c4C=O)C[C@@H]3C(C)(C)O)c1)O[C@H](C(C)(C)O)CO2. The molecule has 3 N–H and O–H groups in total. The van der Waals surface area contributed by atoms with Crippen LogP contribution in [-0.2, 0) is 6.42 Å². The van der Waals surface area contributed by atoms with Crippen molar-refractivity contribution in [1.82, 2.24) is 0 Å². The lowest BCUT2D eigenvalue weighted by Gasteiger charge is -2.38. The van der Waals surface area contributed by atoms with Crippen LogP contribution in [0.2, 0.25) is 0 Å². The zero-order valence-corrected chi connectivity index (χ0v) is 18.6. The normalized spacial score (nSPS) is 22.9. The van der Waals surface area contributed by atoms with Crippen LogP contribution in [0.1, 0.15) is 66.2 Å². The Labute approximate surface area is 182 Å². The van der Waals surface area contributed by atoms with Crippen molar-refractivity contribution in [2.75, 3.05) is 6.61 Å². The Bertz CT molecular complexity index is 1030. The molecule has 0 saturated carbocycles. The Kier molecular flexibility index (Phi) is 5.06. The maximum Gasteiger partial charge on any atom is 0.165 e. The van der Waals surface area contributed by atoms with Crippen LogP contribution in [0, 0.1) is 12.8 Å². The van der Waals surface area contributed by atoms with Crippen molar-refractivity contribution in [2.45, 2.75) is 64.3 Å². The summed E-state index contributed by atoms with van der Waals surface area (Å²) in [6.07, 6.45) is 0.661. The number of ether oxygens (including phenoxy) is 2. The molecule has 0 fully saturated rings. The molecule has 6 nitrogen and oxygen atoms in total. The van der Waals surface area contributed by atoms with Crippen LogP contribution in [-0.4, -0.2) is 45.5 Å². The highest BCUT2D eigenvalue weighted by atomic mass is 16.6. The first kappa shape index (κ1) is 21.7. The molecule has 0 amide bonds. The summed E-state index contributed by atoms with van der Waals surface area (Å²) >= 11 is 0. The molecule has 166 valence electrons. The molecule has 3 atom stereocenters. The van der Waals surface area contributed by atoms with Gasteiger partial charge in [0, 0.05) is 17.4 Å². The van der Waals surface area contributed by atoms with Gasteiger partial charge in [-0.25, -0.2) is 0 Å². The molecule has 1 aliphatic heterocycles. The van der Waals surface area contributed by atoms with Crippen LogP contribution in [0.15, 0.2) is 24.3 Å². The smallest absolute Gasteiger partial charge is 0.165 e. The number of rotatable bonds is 4. The molecule has 31 heavy (non-hydrogen) atoms. The van der Waals surface area contributed by atoms with Gasteiger partial charge in [0.1, 0.15) is 12.4 Å². The molecule has 6 heteroatoms. The minimum atomic E-state index is -1.12. The lowest BCUT2D eigenvalue weighted by Crippen LogP contribution is -2.46. The van der Waals surface area contributed by atoms with E-state index in [1.807, 2.05) is 25.1 Å². The summed E-state index contributed by atoms with van der Waals surface area (Å²) in [5.74, 6) is 0.367. The number of aldehydes is 1. The number of fused-ring (bicyclic) bond motifs is 2. The van der Waals surface area contributed by atoms with Crippen molar-refractivity contribution in [3.05, 3.63) is 52.1 Å². The Morgan fingerprint density at radius 2 is 1.81 bits per heavy atom. The highest BCUT2D eigenvalue weighted by Gasteiger charge is 2.46. The number of phenolic OH excluding ortho intramolecular Hbond substituents is 1. The third kappa shape index (κ3) is 3.68. The number of phenols is 1. The predicted molar refractivity (Wildman–Crippen MR) is 116 cm³/mol. The molecule has 1 aliphatic carbocycles. The monoisotopic (exact) mass is 426 g/mol. The molecule has 0 unspecified atom stereocenters. The Morgan fingerprint density at radius 3 is 2.42 bits per heavy atom. The van der Waals surface area contributed by atoms with E-state index in [-0.39, 0.29) is 29.8 Å². The molecule has 2 aromatic rings. The third-order valence-electron chi connectivity index (χ3n) is 6.53. The Morgan fingerprint density at radius 1 is 1.10 bits per heavy atom. The van der Waals surface area contributed by atoms with E-state index in [0.717, 1.165) is 16.7 Å². The summed E-state index contributed by atoms with van der Waals surface area (Å²) in [7, 11) is 0. The zero-order valence-electron chi connectivity index (χ0n) is 18.6. The third-order valence-corrected chi connectivity index (χ3v) is 6.53. The largest absolute Gasteiger partial charge is 0.507 e. The zero-order chi connectivity index (χ0) is 22.7. The number of hydrogen-bond donors (Lipinski definition) is 3. The van der Waals surface area contributed by atoms with Gasteiger partial charge < -0.3 is 24.8 Å². The second-order valence-electron chi connectivity index (χ2n) is 9.88. The van der Waals surface area contributed by atoms with Gasteiger partial charge in [-0.15, -0.1) is 0 Å². The molecular weight excluding hydrogens is 396 g/mol. The summed E-state index contributed by atoms with van der Waals surface area (Å²) in [5, 5.41) is 31.9. The van der Waals surface area contributed by atoms with Crippen LogP contribution in [0.25, 0.3) is 0 Å². The van der Waals surface area contributed by atoms with Crippen LogP contribution in [0.3, 0.4) is 0 Å². The van der Waals surface area contributed by atoms with E-state index in [1.54, 1.807) is 27.7 Å². The number of hydrogen-bond acceptors (Lipinski definition) is 6. The first-order valence-corrected chi connectivity index (χ1v) is 10.6. The van der Waals surface area contributed by atoms with Crippen molar-refractivity contribution in [2.24, 2.45) is 5.92 Å². The topological polar surface area (TPSA) is 96.2 Å². The lowest BCUT2D eigenvalue weighted by atomic mass is 9.75. The average Bonchev–Trinajstić information content (AvgIpc) is 3.06. The van der Waals surface area contributed by atoms with Gasteiger partial charge in [0.2, 0.25) is 0 Å². The second-order valence-corrected chi connectivity index (χ2v) is 9.88. The fourth-order valence-electron chi connectivity index (χ4n) is 4.85. The maximum atomic E-state index is 11.9. The molecule has 2 aromatic carbocycles. The van der Waals surface area contributed by atoms with Gasteiger partial charge in [-0.1, -0.05) is 12.1 Å². The summed E-state index contributed by atoms with van der Waals surface area (Å²) in [6, 6.07) is 7.21. The highest BCUT2D eigenvalue weighted by Crippen LogP contribution is 2.54. The van der Waals surface area contributed by atoms with Crippen LogP contribution >= 0.6 is 0 Å². The minimum Gasteiger partial charge on any atom is -0.507 e. The van der Waals surface area contributed by atoms with Crippen molar-refractivity contribution < 1.29 is 29.6 Å². The molecule has 0 aromatic heterocycles. The Hall–Kier alpha value is -2.57.